The van der Waals surface area contributed by atoms with Gasteiger partial charge >= 0.3 is 0 Å². The highest BCUT2D eigenvalue weighted by Gasteiger charge is 2.22. The molecule has 0 aromatic heterocycles. The molecule has 0 heterocycles. The molecule has 1 aromatic rings. The number of hydrogen-bond donors (Lipinski definition) is 3. The van der Waals surface area contributed by atoms with Crippen LogP contribution in [0.2, 0.25) is 0 Å². The molecule has 1 amide bonds. The summed E-state index contributed by atoms with van der Waals surface area (Å²) in [5.74, 6) is -0.102. The van der Waals surface area contributed by atoms with Crippen molar-refractivity contribution in [1.29, 1.82) is 0 Å². The summed E-state index contributed by atoms with van der Waals surface area (Å²) in [5, 5.41) is 16.2. The van der Waals surface area contributed by atoms with Crippen LogP contribution in [0, 0.1) is 10.1 Å². The number of anilines is 2. The summed E-state index contributed by atoms with van der Waals surface area (Å²) in [6.45, 7) is 0.110. The number of nitrogen functional groups attached to an aromatic ring is 1. The van der Waals surface area contributed by atoms with Gasteiger partial charge in [-0.3, -0.25) is 14.9 Å². The maximum Gasteiger partial charge on any atom is 0.271 e. The van der Waals surface area contributed by atoms with Crippen LogP contribution in [0.5, 0.6) is 0 Å². The van der Waals surface area contributed by atoms with E-state index in [9.17, 15) is 14.9 Å². The molecule has 1 aliphatic carbocycles. The highest BCUT2D eigenvalue weighted by Crippen LogP contribution is 2.24. The van der Waals surface area contributed by atoms with E-state index >= 15 is 0 Å². The average molecular weight is 250 g/mol. The molecule has 7 nitrogen and oxygen atoms in total. The SMILES string of the molecule is Nc1cc([N+](=O)[O-])ccc1NCC(=O)NC1CC1. The fourth-order valence-corrected chi connectivity index (χ4v) is 1.51. The Bertz CT molecular complexity index is 485. The number of carbonyl (C=O) groups excluding carboxylic acids is 1. The third-order valence-electron chi connectivity index (χ3n) is 2.63. The lowest BCUT2D eigenvalue weighted by Gasteiger charge is -2.09. The molecule has 0 atom stereocenters. The number of nitrogens with one attached hydrogen (secondary N) is 2. The first kappa shape index (κ1) is 12.2. The highest BCUT2D eigenvalue weighted by atomic mass is 16.6. The van der Waals surface area contributed by atoms with Crippen LogP contribution >= 0.6 is 0 Å². The minimum Gasteiger partial charge on any atom is -0.397 e. The number of nitro benzene ring substituents is 1. The minimum atomic E-state index is -0.514. The molecule has 1 saturated carbocycles. The van der Waals surface area contributed by atoms with Gasteiger partial charge in [0.25, 0.3) is 5.69 Å². The Balaban J connectivity index is 1.92. The lowest BCUT2D eigenvalue weighted by molar-refractivity contribution is -0.384. The Labute approximate surface area is 104 Å². The van der Waals surface area contributed by atoms with Crippen molar-refractivity contribution in [3.05, 3.63) is 28.3 Å². The van der Waals surface area contributed by atoms with E-state index in [0.717, 1.165) is 12.8 Å². The van der Waals surface area contributed by atoms with E-state index < -0.39 is 4.92 Å². The molecule has 2 rings (SSSR count). The second-order valence-corrected chi connectivity index (χ2v) is 4.22. The van der Waals surface area contributed by atoms with Gasteiger partial charge in [0.05, 0.1) is 22.8 Å². The fourth-order valence-electron chi connectivity index (χ4n) is 1.51. The topological polar surface area (TPSA) is 110 Å². The van der Waals surface area contributed by atoms with E-state index in [2.05, 4.69) is 10.6 Å². The molecule has 0 saturated heterocycles. The maximum absolute atomic E-state index is 11.4. The van der Waals surface area contributed by atoms with Crippen LogP contribution in [0.15, 0.2) is 18.2 Å². The van der Waals surface area contributed by atoms with Gasteiger partial charge < -0.3 is 16.4 Å². The number of benzene rings is 1. The van der Waals surface area contributed by atoms with Gasteiger partial charge in [-0.05, 0) is 18.9 Å². The van der Waals surface area contributed by atoms with Crippen molar-refractivity contribution in [3.63, 3.8) is 0 Å². The van der Waals surface area contributed by atoms with Gasteiger partial charge in [-0.2, -0.15) is 0 Å². The Hall–Kier alpha value is -2.31. The molecule has 0 radical (unpaired) electrons. The Kier molecular flexibility index (Phi) is 3.31. The Morgan fingerprint density at radius 2 is 2.22 bits per heavy atom. The lowest BCUT2D eigenvalue weighted by Crippen LogP contribution is -2.31. The zero-order valence-electron chi connectivity index (χ0n) is 9.68. The van der Waals surface area contributed by atoms with Crippen LogP contribution in [0.25, 0.3) is 0 Å². The van der Waals surface area contributed by atoms with E-state index in [-0.39, 0.29) is 23.8 Å². The van der Waals surface area contributed by atoms with Gasteiger partial charge in [0.15, 0.2) is 0 Å². The van der Waals surface area contributed by atoms with Crippen LogP contribution in [-0.2, 0) is 4.79 Å². The van der Waals surface area contributed by atoms with Gasteiger partial charge in [-0.15, -0.1) is 0 Å². The van der Waals surface area contributed by atoms with Crippen LogP contribution < -0.4 is 16.4 Å². The third kappa shape index (κ3) is 3.09. The monoisotopic (exact) mass is 250 g/mol. The van der Waals surface area contributed by atoms with E-state index in [0.29, 0.717) is 11.7 Å². The molecular weight excluding hydrogens is 236 g/mol. The van der Waals surface area contributed by atoms with Crippen LogP contribution in [0.4, 0.5) is 17.1 Å². The van der Waals surface area contributed by atoms with Gasteiger partial charge in [-0.1, -0.05) is 0 Å². The first-order valence-corrected chi connectivity index (χ1v) is 5.63. The lowest BCUT2D eigenvalue weighted by atomic mass is 10.2. The summed E-state index contributed by atoms with van der Waals surface area (Å²) in [6.07, 6.45) is 2.07. The number of nitrogens with two attached hydrogens (primary N) is 1. The second-order valence-electron chi connectivity index (χ2n) is 4.22. The molecule has 1 fully saturated rings. The smallest absolute Gasteiger partial charge is 0.271 e. The fraction of sp³-hybridized carbons (Fsp3) is 0.364. The van der Waals surface area contributed by atoms with Crippen LogP contribution in [0.3, 0.4) is 0 Å². The van der Waals surface area contributed by atoms with Crippen LogP contribution in [0.1, 0.15) is 12.8 Å². The molecule has 1 aliphatic rings. The second kappa shape index (κ2) is 4.91. The van der Waals surface area contributed by atoms with E-state index in [1.54, 1.807) is 0 Å². The van der Waals surface area contributed by atoms with Gasteiger partial charge in [0.2, 0.25) is 5.91 Å². The standard InChI is InChI=1S/C11H14N4O3/c12-9-5-8(15(17)18)3-4-10(9)13-6-11(16)14-7-1-2-7/h3-5,7,13H,1-2,6,12H2,(H,14,16). The zero-order chi connectivity index (χ0) is 13.1. The summed E-state index contributed by atoms with van der Waals surface area (Å²) in [5.41, 5.74) is 6.36. The van der Waals surface area contributed by atoms with E-state index in [1.807, 2.05) is 0 Å². The average Bonchev–Trinajstić information content (AvgIpc) is 3.11. The van der Waals surface area contributed by atoms with Crippen molar-refractivity contribution in [1.82, 2.24) is 5.32 Å². The number of nitrogens with zero attached hydrogens (tertiary/aromatic N) is 1. The first-order chi connectivity index (χ1) is 8.56. The largest absolute Gasteiger partial charge is 0.397 e. The number of non-ortho nitro benzene ring substituents is 1. The van der Waals surface area contributed by atoms with Crippen molar-refractivity contribution in [2.75, 3.05) is 17.6 Å². The highest BCUT2D eigenvalue weighted by molar-refractivity contribution is 5.83. The zero-order valence-corrected chi connectivity index (χ0v) is 9.68. The van der Waals surface area contributed by atoms with Crippen molar-refractivity contribution in [2.24, 2.45) is 0 Å². The molecule has 0 unspecified atom stereocenters. The number of hydrogen-bond acceptors (Lipinski definition) is 5. The molecular formula is C11H14N4O3. The molecule has 4 N–H and O–H groups in total. The molecule has 7 heteroatoms. The van der Waals surface area contributed by atoms with Crippen LogP contribution in [-0.4, -0.2) is 23.4 Å². The number of amides is 1. The predicted molar refractivity (Wildman–Crippen MR) is 67.2 cm³/mol. The Morgan fingerprint density at radius 3 is 2.78 bits per heavy atom. The quantitative estimate of drug-likeness (QED) is 0.408. The summed E-state index contributed by atoms with van der Waals surface area (Å²) < 4.78 is 0. The van der Waals surface area contributed by atoms with Gasteiger partial charge in [0, 0.05) is 18.2 Å². The van der Waals surface area contributed by atoms with Gasteiger partial charge in [0.1, 0.15) is 0 Å². The molecule has 1 aromatic carbocycles. The number of carbonyl (C=O) groups is 1. The molecule has 0 aliphatic heterocycles. The predicted octanol–water partition coefficient (Wildman–Crippen LogP) is 0.867. The number of rotatable bonds is 5. The molecule has 0 spiro atoms. The Morgan fingerprint density at radius 1 is 1.50 bits per heavy atom. The normalized spacial score (nSPS) is 14.0. The molecule has 96 valence electrons. The first-order valence-electron chi connectivity index (χ1n) is 5.63. The summed E-state index contributed by atoms with van der Waals surface area (Å²) in [7, 11) is 0. The van der Waals surface area contributed by atoms with E-state index in [1.165, 1.54) is 18.2 Å². The minimum absolute atomic E-state index is 0.0690. The van der Waals surface area contributed by atoms with Crippen molar-refractivity contribution in [2.45, 2.75) is 18.9 Å². The van der Waals surface area contributed by atoms with Crippen molar-refractivity contribution < 1.29 is 9.72 Å². The van der Waals surface area contributed by atoms with Crippen molar-refractivity contribution in [3.8, 4) is 0 Å². The summed E-state index contributed by atoms with van der Waals surface area (Å²) in [6, 6.07) is 4.42. The third-order valence-corrected chi connectivity index (χ3v) is 2.63. The van der Waals surface area contributed by atoms with Gasteiger partial charge in [-0.25, -0.2) is 0 Å². The van der Waals surface area contributed by atoms with E-state index in [4.69, 9.17) is 5.73 Å². The molecule has 18 heavy (non-hydrogen) atoms. The summed E-state index contributed by atoms with van der Waals surface area (Å²) in [4.78, 5) is 21.4. The molecule has 0 bridgehead atoms. The number of nitro groups is 1. The van der Waals surface area contributed by atoms with Crippen molar-refractivity contribution >= 4 is 23.0 Å². The summed E-state index contributed by atoms with van der Waals surface area (Å²) >= 11 is 0. The maximum atomic E-state index is 11.4.